The Bertz CT molecular complexity index is 797. The summed E-state index contributed by atoms with van der Waals surface area (Å²) in [5, 5.41) is 3.05. The summed E-state index contributed by atoms with van der Waals surface area (Å²) in [5.74, 6) is 0.0590. The van der Waals surface area contributed by atoms with Gasteiger partial charge in [-0.15, -0.1) is 0 Å². The summed E-state index contributed by atoms with van der Waals surface area (Å²) < 4.78 is 0. The Morgan fingerprint density at radius 1 is 0.893 bits per heavy atom. The maximum absolute atomic E-state index is 12.5. The quantitative estimate of drug-likeness (QED) is 0.868. The summed E-state index contributed by atoms with van der Waals surface area (Å²) in [6.07, 6.45) is 1.02. The first-order chi connectivity index (χ1) is 13.7. The van der Waals surface area contributed by atoms with E-state index in [1.165, 1.54) is 16.8 Å². The largest absolute Gasteiger partial charge is 0.369 e. The van der Waals surface area contributed by atoms with E-state index >= 15 is 0 Å². The molecule has 2 aromatic carbocycles. The fraction of sp³-hybridized carbons (Fsp3) is 0.435. The number of amides is 1. The maximum atomic E-state index is 12.5. The molecule has 0 unspecified atom stereocenters. The van der Waals surface area contributed by atoms with Crippen LogP contribution in [0.4, 0.5) is 11.4 Å². The third-order valence-electron chi connectivity index (χ3n) is 5.91. The van der Waals surface area contributed by atoms with Crippen LogP contribution in [0.5, 0.6) is 0 Å². The number of fused-ring (bicyclic) bond motifs is 1. The topological polar surface area (TPSA) is 38.8 Å². The zero-order chi connectivity index (χ0) is 19.3. The summed E-state index contributed by atoms with van der Waals surface area (Å²) in [7, 11) is 0. The van der Waals surface area contributed by atoms with Crippen LogP contribution in [0, 0.1) is 0 Å². The minimum Gasteiger partial charge on any atom is -0.369 e. The fourth-order valence-corrected chi connectivity index (χ4v) is 4.17. The Kier molecular flexibility index (Phi) is 5.93. The van der Waals surface area contributed by atoms with Gasteiger partial charge in [-0.3, -0.25) is 9.69 Å². The van der Waals surface area contributed by atoms with Gasteiger partial charge in [-0.1, -0.05) is 31.2 Å². The van der Waals surface area contributed by atoms with Crippen LogP contribution in [-0.4, -0.2) is 61.5 Å². The minimum absolute atomic E-state index is 0.0590. The molecule has 1 fully saturated rings. The number of benzene rings is 2. The van der Waals surface area contributed by atoms with Crippen molar-refractivity contribution in [3.05, 3.63) is 59.7 Å². The van der Waals surface area contributed by atoms with Crippen molar-refractivity contribution < 1.29 is 4.79 Å². The normalized spacial score (nSPS) is 18.0. The molecule has 0 radical (unpaired) electrons. The van der Waals surface area contributed by atoms with Gasteiger partial charge in [-0.2, -0.15) is 0 Å². The first kappa shape index (κ1) is 19.0. The van der Waals surface area contributed by atoms with E-state index in [2.05, 4.69) is 63.3 Å². The van der Waals surface area contributed by atoms with Crippen molar-refractivity contribution in [2.75, 3.05) is 56.0 Å². The van der Waals surface area contributed by atoms with E-state index < -0.39 is 0 Å². The summed E-state index contributed by atoms with van der Waals surface area (Å²) >= 11 is 0. The molecule has 4 rings (SSSR count). The average Bonchev–Trinajstić information content (AvgIpc) is 2.74. The third kappa shape index (κ3) is 4.54. The maximum Gasteiger partial charge on any atom is 0.238 e. The van der Waals surface area contributed by atoms with Gasteiger partial charge in [0.25, 0.3) is 0 Å². The lowest BCUT2D eigenvalue weighted by Crippen LogP contribution is -2.46. The molecule has 1 saturated heterocycles. The predicted molar refractivity (Wildman–Crippen MR) is 115 cm³/mol. The molecular weight excluding hydrogens is 348 g/mol. The van der Waals surface area contributed by atoms with Crippen molar-refractivity contribution in [2.45, 2.75) is 19.9 Å². The third-order valence-corrected chi connectivity index (χ3v) is 5.91. The number of hydrogen-bond donors (Lipinski definition) is 1. The van der Waals surface area contributed by atoms with Gasteiger partial charge < -0.3 is 15.1 Å². The summed E-state index contributed by atoms with van der Waals surface area (Å²) in [5.41, 5.74) is 4.86. The number of carbonyl (C=O) groups is 1. The number of hydrogen-bond acceptors (Lipinski definition) is 4. The monoisotopic (exact) mass is 378 g/mol. The molecule has 5 heteroatoms. The standard InChI is InChI=1S/C23H30N4O/c1-2-25-13-15-27(16-14-25)22-9-7-21(8-10-22)24-23(28)18-26-12-11-19-5-3-4-6-20(19)17-26/h3-10H,2,11-18H2,1H3,(H,24,28). The van der Waals surface area contributed by atoms with Gasteiger partial charge in [-0.05, 0) is 48.4 Å². The molecule has 0 spiro atoms. The molecule has 5 nitrogen and oxygen atoms in total. The van der Waals surface area contributed by atoms with Crippen LogP contribution in [0.1, 0.15) is 18.1 Å². The highest BCUT2D eigenvalue weighted by atomic mass is 16.2. The molecule has 2 aliphatic heterocycles. The van der Waals surface area contributed by atoms with Crippen LogP contribution in [0.3, 0.4) is 0 Å². The average molecular weight is 379 g/mol. The van der Waals surface area contributed by atoms with Gasteiger partial charge in [0, 0.05) is 50.6 Å². The predicted octanol–water partition coefficient (Wildman–Crippen LogP) is 2.83. The highest BCUT2D eigenvalue weighted by molar-refractivity contribution is 5.92. The SMILES string of the molecule is CCN1CCN(c2ccc(NC(=O)CN3CCc4ccccc4C3)cc2)CC1. The van der Waals surface area contributed by atoms with Gasteiger partial charge in [0.15, 0.2) is 0 Å². The van der Waals surface area contributed by atoms with Crippen LogP contribution < -0.4 is 10.2 Å². The molecule has 2 heterocycles. The lowest BCUT2D eigenvalue weighted by Gasteiger charge is -2.35. The lowest BCUT2D eigenvalue weighted by atomic mass is 10.00. The zero-order valence-corrected chi connectivity index (χ0v) is 16.7. The number of anilines is 2. The molecule has 148 valence electrons. The van der Waals surface area contributed by atoms with E-state index in [0.717, 1.165) is 57.9 Å². The van der Waals surface area contributed by atoms with Gasteiger partial charge in [0.2, 0.25) is 5.91 Å². The van der Waals surface area contributed by atoms with Crippen molar-refractivity contribution in [2.24, 2.45) is 0 Å². The number of likely N-dealkylation sites (N-methyl/N-ethyl adjacent to an activating group) is 1. The smallest absolute Gasteiger partial charge is 0.238 e. The van der Waals surface area contributed by atoms with Crippen molar-refractivity contribution in [3.63, 3.8) is 0 Å². The number of rotatable bonds is 5. The molecule has 0 aliphatic carbocycles. The summed E-state index contributed by atoms with van der Waals surface area (Å²) in [6.45, 7) is 9.94. The second kappa shape index (κ2) is 8.76. The second-order valence-corrected chi connectivity index (χ2v) is 7.75. The van der Waals surface area contributed by atoms with Gasteiger partial charge >= 0.3 is 0 Å². The molecule has 1 N–H and O–H groups in total. The van der Waals surface area contributed by atoms with Crippen molar-refractivity contribution >= 4 is 17.3 Å². The summed E-state index contributed by atoms with van der Waals surface area (Å²) in [6, 6.07) is 16.8. The number of nitrogens with one attached hydrogen (secondary N) is 1. The summed E-state index contributed by atoms with van der Waals surface area (Å²) in [4.78, 5) is 19.6. The van der Waals surface area contributed by atoms with Crippen LogP contribution in [0.25, 0.3) is 0 Å². The Hall–Kier alpha value is -2.37. The Morgan fingerprint density at radius 3 is 2.32 bits per heavy atom. The molecule has 2 aliphatic rings. The molecule has 0 aromatic heterocycles. The van der Waals surface area contributed by atoms with E-state index in [1.807, 2.05) is 12.1 Å². The van der Waals surface area contributed by atoms with Gasteiger partial charge in [-0.25, -0.2) is 0 Å². The van der Waals surface area contributed by atoms with E-state index in [4.69, 9.17) is 0 Å². The Balaban J connectivity index is 1.28. The minimum atomic E-state index is 0.0590. The highest BCUT2D eigenvalue weighted by Gasteiger charge is 2.18. The molecule has 0 atom stereocenters. The first-order valence-corrected chi connectivity index (χ1v) is 10.4. The zero-order valence-electron chi connectivity index (χ0n) is 16.7. The number of nitrogens with zero attached hydrogens (tertiary/aromatic N) is 3. The van der Waals surface area contributed by atoms with Gasteiger partial charge in [0.1, 0.15) is 0 Å². The molecule has 0 saturated carbocycles. The molecule has 1 amide bonds. The lowest BCUT2D eigenvalue weighted by molar-refractivity contribution is -0.117. The van der Waals surface area contributed by atoms with E-state index in [0.29, 0.717) is 6.54 Å². The highest BCUT2D eigenvalue weighted by Crippen LogP contribution is 2.21. The number of carbonyl (C=O) groups excluding carboxylic acids is 1. The van der Waals surface area contributed by atoms with Crippen molar-refractivity contribution in [3.8, 4) is 0 Å². The van der Waals surface area contributed by atoms with Crippen molar-refractivity contribution in [1.29, 1.82) is 0 Å². The Labute approximate surface area is 167 Å². The number of piperazine rings is 1. The molecule has 0 bridgehead atoms. The Morgan fingerprint density at radius 2 is 1.61 bits per heavy atom. The van der Waals surface area contributed by atoms with Crippen LogP contribution >= 0.6 is 0 Å². The van der Waals surface area contributed by atoms with Crippen LogP contribution in [0.15, 0.2) is 48.5 Å². The van der Waals surface area contributed by atoms with E-state index in [9.17, 15) is 4.79 Å². The van der Waals surface area contributed by atoms with Crippen molar-refractivity contribution in [1.82, 2.24) is 9.80 Å². The molecular formula is C23H30N4O. The van der Waals surface area contributed by atoms with E-state index in [1.54, 1.807) is 0 Å². The van der Waals surface area contributed by atoms with E-state index in [-0.39, 0.29) is 5.91 Å². The molecule has 2 aromatic rings. The fourth-order valence-electron chi connectivity index (χ4n) is 4.17. The van der Waals surface area contributed by atoms with Gasteiger partial charge in [0.05, 0.1) is 6.54 Å². The molecule has 28 heavy (non-hydrogen) atoms. The second-order valence-electron chi connectivity index (χ2n) is 7.75. The van der Waals surface area contributed by atoms with Crippen LogP contribution in [-0.2, 0) is 17.8 Å². The van der Waals surface area contributed by atoms with Crippen LogP contribution in [0.2, 0.25) is 0 Å². The first-order valence-electron chi connectivity index (χ1n) is 10.4.